The van der Waals surface area contributed by atoms with Gasteiger partial charge in [0, 0.05) is 37.2 Å². The second-order valence-electron chi connectivity index (χ2n) is 9.85. The van der Waals surface area contributed by atoms with Crippen molar-refractivity contribution in [2.45, 2.75) is 44.9 Å². The van der Waals surface area contributed by atoms with Crippen molar-refractivity contribution >= 4 is 6.03 Å². The highest BCUT2D eigenvalue weighted by molar-refractivity contribution is 5.77. The topological polar surface area (TPSA) is 79.0 Å². The van der Waals surface area contributed by atoms with Crippen LogP contribution in [0.25, 0.3) is 22.6 Å². The van der Waals surface area contributed by atoms with E-state index in [9.17, 15) is 10.0 Å². The van der Waals surface area contributed by atoms with Crippen molar-refractivity contribution < 1.29 is 19.2 Å². The third kappa shape index (κ3) is 4.94. The van der Waals surface area contributed by atoms with Crippen LogP contribution < -0.4 is 4.74 Å². The number of rotatable bonds is 4. The maximum absolute atomic E-state index is 12.1. The molecule has 1 N–H and O–H groups in total. The fraction of sp³-hybridized carbons (Fsp3) is 0.407. The number of carbonyl (C=O) groups excluding carboxylic acids is 1. The van der Waals surface area contributed by atoms with Crippen molar-refractivity contribution in [2.75, 3.05) is 27.2 Å². The standard InChI is InChI=1S/C27H33N3O4/c1-27(2,3)21-10-6-18(7-11-21)23-24(19-8-12-22(33-5)13-9-19)34-25(28-23)20-14-16-30(17-15-20)26(31)29(4)32/h6-13,20,32H,14-17H2,1-5H3. The van der Waals surface area contributed by atoms with Crippen molar-refractivity contribution in [3.8, 4) is 28.3 Å². The second-order valence-corrected chi connectivity index (χ2v) is 9.85. The van der Waals surface area contributed by atoms with Crippen LogP contribution >= 0.6 is 0 Å². The summed E-state index contributed by atoms with van der Waals surface area (Å²) in [6.45, 7) is 7.69. The number of likely N-dealkylation sites (tertiary alicyclic amines) is 1. The van der Waals surface area contributed by atoms with E-state index in [-0.39, 0.29) is 17.4 Å². The molecule has 1 saturated heterocycles. The Morgan fingerprint density at radius 1 is 1.06 bits per heavy atom. The van der Waals surface area contributed by atoms with Gasteiger partial charge in [-0.3, -0.25) is 5.21 Å². The Morgan fingerprint density at radius 2 is 1.65 bits per heavy atom. The first-order valence-corrected chi connectivity index (χ1v) is 11.6. The Labute approximate surface area is 200 Å². The van der Waals surface area contributed by atoms with Gasteiger partial charge in [-0.1, -0.05) is 45.0 Å². The molecule has 0 atom stereocenters. The predicted molar refractivity (Wildman–Crippen MR) is 131 cm³/mol. The van der Waals surface area contributed by atoms with E-state index in [4.69, 9.17) is 14.1 Å². The van der Waals surface area contributed by atoms with Gasteiger partial charge in [-0.25, -0.2) is 14.8 Å². The highest BCUT2D eigenvalue weighted by atomic mass is 16.5. The lowest BCUT2D eigenvalue weighted by Crippen LogP contribution is -2.43. The highest BCUT2D eigenvalue weighted by Crippen LogP contribution is 2.38. The molecule has 1 aromatic heterocycles. The molecular formula is C27H33N3O4. The van der Waals surface area contributed by atoms with Crippen LogP contribution in [0.4, 0.5) is 4.79 Å². The van der Waals surface area contributed by atoms with E-state index in [0.717, 1.165) is 41.2 Å². The van der Waals surface area contributed by atoms with Crippen molar-refractivity contribution in [3.63, 3.8) is 0 Å². The third-order valence-electron chi connectivity index (χ3n) is 6.41. The van der Waals surface area contributed by atoms with Crippen LogP contribution in [0.15, 0.2) is 52.9 Å². The number of amides is 2. The molecular weight excluding hydrogens is 430 g/mol. The number of urea groups is 1. The summed E-state index contributed by atoms with van der Waals surface area (Å²) in [5, 5.41) is 10.1. The maximum Gasteiger partial charge on any atom is 0.343 e. The first-order chi connectivity index (χ1) is 16.2. The lowest BCUT2D eigenvalue weighted by atomic mass is 9.86. The van der Waals surface area contributed by atoms with Crippen LogP contribution in [0, 0.1) is 0 Å². The molecule has 2 amide bonds. The van der Waals surface area contributed by atoms with E-state index >= 15 is 0 Å². The largest absolute Gasteiger partial charge is 0.497 e. The van der Waals surface area contributed by atoms with Gasteiger partial charge in [-0.05, 0) is 48.1 Å². The Bertz CT molecular complexity index is 1120. The molecule has 1 aliphatic heterocycles. The number of oxazole rings is 1. The molecule has 2 aromatic carbocycles. The molecule has 180 valence electrons. The normalized spacial score (nSPS) is 14.8. The summed E-state index contributed by atoms with van der Waals surface area (Å²) in [5.74, 6) is 2.30. The number of hydrogen-bond acceptors (Lipinski definition) is 5. The van der Waals surface area contributed by atoms with Crippen LogP contribution in [0.2, 0.25) is 0 Å². The number of hydrogen-bond donors (Lipinski definition) is 1. The Kier molecular flexibility index (Phi) is 6.66. The zero-order valence-electron chi connectivity index (χ0n) is 20.5. The summed E-state index contributed by atoms with van der Waals surface area (Å²) < 4.78 is 11.7. The molecule has 0 unspecified atom stereocenters. The van der Waals surface area contributed by atoms with Gasteiger partial charge in [0.05, 0.1) is 7.11 Å². The molecule has 3 aromatic rings. The third-order valence-corrected chi connectivity index (χ3v) is 6.41. The molecule has 0 aliphatic carbocycles. The van der Waals surface area contributed by atoms with Gasteiger partial charge in [0.1, 0.15) is 11.4 Å². The molecule has 1 aliphatic rings. The first-order valence-electron chi connectivity index (χ1n) is 11.6. The number of methoxy groups -OCH3 is 1. The van der Waals surface area contributed by atoms with Gasteiger partial charge in [0.15, 0.2) is 11.7 Å². The van der Waals surface area contributed by atoms with E-state index in [1.54, 1.807) is 12.0 Å². The van der Waals surface area contributed by atoms with Crippen LogP contribution in [0.3, 0.4) is 0 Å². The number of ether oxygens (including phenoxy) is 1. The van der Waals surface area contributed by atoms with Gasteiger partial charge in [-0.2, -0.15) is 0 Å². The number of hydroxylamine groups is 2. The zero-order chi connectivity index (χ0) is 24.5. The van der Waals surface area contributed by atoms with Crippen molar-refractivity contribution in [2.24, 2.45) is 0 Å². The minimum Gasteiger partial charge on any atom is -0.497 e. The number of nitrogens with zero attached hydrogens (tertiary/aromatic N) is 3. The number of benzene rings is 2. The molecule has 34 heavy (non-hydrogen) atoms. The van der Waals surface area contributed by atoms with Crippen molar-refractivity contribution in [1.29, 1.82) is 0 Å². The second kappa shape index (κ2) is 9.50. The van der Waals surface area contributed by atoms with Crippen LogP contribution in [-0.2, 0) is 5.41 Å². The Morgan fingerprint density at radius 3 is 2.18 bits per heavy atom. The molecule has 7 heteroatoms. The van der Waals surface area contributed by atoms with Gasteiger partial charge in [0.2, 0.25) is 0 Å². The minimum absolute atomic E-state index is 0.0698. The molecule has 0 spiro atoms. The van der Waals surface area contributed by atoms with Gasteiger partial charge in [-0.15, -0.1) is 0 Å². The van der Waals surface area contributed by atoms with E-state index < -0.39 is 0 Å². The number of aromatic nitrogens is 1. The molecule has 1 fully saturated rings. The smallest absolute Gasteiger partial charge is 0.343 e. The summed E-state index contributed by atoms with van der Waals surface area (Å²) in [4.78, 5) is 18.7. The average Bonchev–Trinajstić information content (AvgIpc) is 3.28. The maximum atomic E-state index is 12.1. The molecule has 0 bridgehead atoms. The quantitative estimate of drug-likeness (QED) is 0.383. The van der Waals surface area contributed by atoms with Gasteiger partial charge in [0.25, 0.3) is 0 Å². The van der Waals surface area contributed by atoms with E-state index in [1.165, 1.54) is 12.6 Å². The molecule has 0 saturated carbocycles. The summed E-state index contributed by atoms with van der Waals surface area (Å²) in [7, 11) is 3.00. The van der Waals surface area contributed by atoms with Gasteiger partial charge < -0.3 is 14.1 Å². The summed E-state index contributed by atoms with van der Waals surface area (Å²) in [6, 6.07) is 15.9. The SMILES string of the molecule is COc1ccc(-c2oc(C3CCN(C(=O)N(C)O)CC3)nc2-c2ccc(C(C)(C)C)cc2)cc1. The summed E-state index contributed by atoms with van der Waals surface area (Å²) in [5.41, 5.74) is 4.08. The van der Waals surface area contributed by atoms with E-state index in [0.29, 0.717) is 24.0 Å². The summed E-state index contributed by atoms with van der Waals surface area (Å²) >= 11 is 0. The molecule has 4 rings (SSSR count). The zero-order valence-corrected chi connectivity index (χ0v) is 20.5. The van der Waals surface area contributed by atoms with Crippen LogP contribution in [0.1, 0.15) is 51.0 Å². The van der Waals surface area contributed by atoms with Crippen LogP contribution in [-0.4, -0.2) is 53.4 Å². The Hall–Kier alpha value is -3.32. The van der Waals surface area contributed by atoms with Gasteiger partial charge >= 0.3 is 6.03 Å². The van der Waals surface area contributed by atoms with Crippen molar-refractivity contribution in [3.05, 3.63) is 60.0 Å². The fourth-order valence-electron chi connectivity index (χ4n) is 4.30. The first kappa shape index (κ1) is 23.8. The van der Waals surface area contributed by atoms with E-state index in [2.05, 4.69) is 45.0 Å². The predicted octanol–water partition coefficient (Wildman–Crippen LogP) is 5.94. The number of carbonyl (C=O) groups is 1. The lowest BCUT2D eigenvalue weighted by Gasteiger charge is -2.31. The molecule has 7 nitrogen and oxygen atoms in total. The number of piperidine rings is 1. The average molecular weight is 464 g/mol. The van der Waals surface area contributed by atoms with E-state index in [1.807, 2.05) is 24.3 Å². The minimum atomic E-state index is -0.385. The fourth-order valence-corrected chi connectivity index (χ4v) is 4.30. The van der Waals surface area contributed by atoms with Crippen molar-refractivity contribution in [1.82, 2.24) is 14.9 Å². The Balaban J connectivity index is 1.67. The lowest BCUT2D eigenvalue weighted by molar-refractivity contribution is -0.0358. The van der Waals surface area contributed by atoms with Crippen LogP contribution in [0.5, 0.6) is 5.75 Å². The summed E-state index contributed by atoms with van der Waals surface area (Å²) in [6.07, 6.45) is 1.45. The molecule has 2 heterocycles. The molecule has 0 radical (unpaired) electrons. The highest BCUT2D eigenvalue weighted by Gasteiger charge is 2.30. The monoisotopic (exact) mass is 463 g/mol.